The van der Waals surface area contributed by atoms with Crippen LogP contribution in [0.1, 0.15) is 5.56 Å². The van der Waals surface area contributed by atoms with Gasteiger partial charge in [-0.1, -0.05) is 0 Å². The summed E-state index contributed by atoms with van der Waals surface area (Å²) in [5.41, 5.74) is 2.31. The summed E-state index contributed by atoms with van der Waals surface area (Å²) in [6, 6.07) is 3.87. The summed E-state index contributed by atoms with van der Waals surface area (Å²) in [7, 11) is 0. The molecule has 2 N–H and O–H groups in total. The zero-order valence-corrected chi connectivity index (χ0v) is 9.91. The van der Waals surface area contributed by atoms with Crippen LogP contribution in [0.2, 0.25) is 0 Å². The molecule has 0 aliphatic carbocycles. The highest BCUT2D eigenvalue weighted by molar-refractivity contribution is 5.76. The standard InChI is InChI=1S/C13H9F2N3O/c1-6-2-10-13(16-5-6)18-12(17-10)7-3-8(14)11(19)9(15)4-7/h2-5,19H,1H3,(H,16,17,18). The Morgan fingerprint density at radius 2 is 1.84 bits per heavy atom. The summed E-state index contributed by atoms with van der Waals surface area (Å²) in [4.78, 5) is 11.2. The van der Waals surface area contributed by atoms with E-state index < -0.39 is 17.4 Å². The Kier molecular flexibility index (Phi) is 2.45. The maximum Gasteiger partial charge on any atom is 0.187 e. The van der Waals surface area contributed by atoms with Gasteiger partial charge in [0.05, 0.1) is 5.52 Å². The third-order valence-electron chi connectivity index (χ3n) is 2.76. The average Bonchev–Trinajstić information content (AvgIpc) is 2.78. The van der Waals surface area contributed by atoms with Crippen LogP contribution in [0.3, 0.4) is 0 Å². The molecule has 0 atom stereocenters. The molecule has 4 nitrogen and oxygen atoms in total. The van der Waals surface area contributed by atoms with E-state index >= 15 is 0 Å². The number of nitrogens with zero attached hydrogens (tertiary/aromatic N) is 2. The number of H-pyrrole nitrogens is 1. The van der Waals surface area contributed by atoms with Crippen molar-refractivity contribution in [2.75, 3.05) is 0 Å². The topological polar surface area (TPSA) is 61.8 Å². The highest BCUT2D eigenvalue weighted by Gasteiger charge is 2.13. The van der Waals surface area contributed by atoms with Gasteiger partial charge in [-0.05, 0) is 30.7 Å². The van der Waals surface area contributed by atoms with Crippen LogP contribution in [-0.4, -0.2) is 20.1 Å². The van der Waals surface area contributed by atoms with Gasteiger partial charge in [-0.25, -0.2) is 18.7 Å². The first-order chi connectivity index (χ1) is 9.04. The molecule has 96 valence electrons. The van der Waals surface area contributed by atoms with Crippen molar-refractivity contribution in [2.45, 2.75) is 6.92 Å². The van der Waals surface area contributed by atoms with Gasteiger partial charge in [0.25, 0.3) is 0 Å². The molecule has 2 aromatic heterocycles. The zero-order valence-electron chi connectivity index (χ0n) is 9.91. The van der Waals surface area contributed by atoms with E-state index in [-0.39, 0.29) is 5.56 Å². The SMILES string of the molecule is Cc1cnc2nc(-c3cc(F)c(O)c(F)c3)[nH]c2c1. The van der Waals surface area contributed by atoms with Gasteiger partial charge < -0.3 is 10.1 Å². The molecule has 0 saturated heterocycles. The second-order valence-corrected chi connectivity index (χ2v) is 4.26. The van der Waals surface area contributed by atoms with E-state index in [2.05, 4.69) is 15.0 Å². The molecule has 2 heterocycles. The smallest absolute Gasteiger partial charge is 0.187 e. The number of hydrogen-bond acceptors (Lipinski definition) is 3. The molecule has 0 aliphatic heterocycles. The predicted octanol–water partition coefficient (Wildman–Crippen LogP) is 2.92. The normalized spacial score (nSPS) is 11.1. The molecule has 6 heteroatoms. The number of nitrogens with one attached hydrogen (secondary N) is 1. The van der Waals surface area contributed by atoms with Crippen molar-refractivity contribution >= 4 is 11.2 Å². The van der Waals surface area contributed by atoms with Crippen LogP contribution in [0.15, 0.2) is 24.4 Å². The maximum absolute atomic E-state index is 13.3. The fourth-order valence-corrected chi connectivity index (χ4v) is 1.84. The van der Waals surface area contributed by atoms with Crippen molar-refractivity contribution in [3.05, 3.63) is 41.6 Å². The minimum atomic E-state index is -1.03. The molecule has 0 fully saturated rings. The van der Waals surface area contributed by atoms with Gasteiger partial charge in [0.1, 0.15) is 5.82 Å². The van der Waals surface area contributed by atoms with Gasteiger partial charge in [-0.3, -0.25) is 0 Å². The lowest BCUT2D eigenvalue weighted by atomic mass is 10.2. The number of halogens is 2. The lowest BCUT2D eigenvalue weighted by molar-refractivity contribution is 0.396. The molecule has 3 rings (SSSR count). The van der Waals surface area contributed by atoms with Crippen molar-refractivity contribution in [2.24, 2.45) is 0 Å². The molecule has 3 aromatic rings. The Morgan fingerprint density at radius 1 is 1.16 bits per heavy atom. The van der Waals surface area contributed by atoms with Gasteiger partial charge in [-0.15, -0.1) is 0 Å². The molecular formula is C13H9F2N3O. The minimum absolute atomic E-state index is 0.212. The summed E-state index contributed by atoms with van der Waals surface area (Å²) in [6.07, 6.45) is 1.66. The number of aromatic hydroxyl groups is 1. The number of imidazole rings is 1. The molecule has 1 aromatic carbocycles. The Labute approximate surface area is 106 Å². The predicted molar refractivity (Wildman–Crippen MR) is 65.6 cm³/mol. The highest BCUT2D eigenvalue weighted by Crippen LogP contribution is 2.27. The van der Waals surface area contributed by atoms with Gasteiger partial charge in [0.2, 0.25) is 0 Å². The number of aromatic amines is 1. The first kappa shape index (κ1) is 11.6. The third kappa shape index (κ3) is 1.91. The van der Waals surface area contributed by atoms with E-state index in [1.807, 2.05) is 13.0 Å². The zero-order chi connectivity index (χ0) is 13.6. The van der Waals surface area contributed by atoms with Gasteiger partial charge in [0.15, 0.2) is 23.0 Å². The number of benzene rings is 1. The van der Waals surface area contributed by atoms with Gasteiger partial charge in [0, 0.05) is 11.8 Å². The van der Waals surface area contributed by atoms with Crippen molar-refractivity contribution < 1.29 is 13.9 Å². The van der Waals surface area contributed by atoms with Crippen LogP contribution >= 0.6 is 0 Å². The van der Waals surface area contributed by atoms with Crippen LogP contribution in [0, 0.1) is 18.6 Å². The van der Waals surface area contributed by atoms with Crippen LogP contribution in [0.25, 0.3) is 22.6 Å². The highest BCUT2D eigenvalue weighted by atomic mass is 19.1. The number of fused-ring (bicyclic) bond motifs is 1. The van der Waals surface area contributed by atoms with Crippen LogP contribution in [-0.2, 0) is 0 Å². The van der Waals surface area contributed by atoms with E-state index in [1.54, 1.807) is 6.20 Å². The molecule has 0 aliphatic rings. The second-order valence-electron chi connectivity index (χ2n) is 4.26. The summed E-state index contributed by atoms with van der Waals surface area (Å²) in [5, 5.41) is 9.06. The van der Waals surface area contributed by atoms with Gasteiger partial charge >= 0.3 is 0 Å². The summed E-state index contributed by atoms with van der Waals surface area (Å²) in [5.74, 6) is -2.75. The Hall–Kier alpha value is -2.50. The number of aromatic nitrogens is 3. The largest absolute Gasteiger partial charge is 0.503 e. The molecule has 0 spiro atoms. The van der Waals surface area contributed by atoms with E-state index in [9.17, 15) is 8.78 Å². The fraction of sp³-hybridized carbons (Fsp3) is 0.0769. The van der Waals surface area contributed by atoms with Gasteiger partial charge in [-0.2, -0.15) is 0 Å². The maximum atomic E-state index is 13.3. The van der Waals surface area contributed by atoms with E-state index in [1.165, 1.54) is 0 Å². The van der Waals surface area contributed by atoms with Crippen LogP contribution < -0.4 is 0 Å². The van der Waals surface area contributed by atoms with E-state index in [4.69, 9.17) is 5.11 Å². The fourth-order valence-electron chi connectivity index (χ4n) is 1.84. The van der Waals surface area contributed by atoms with Crippen molar-refractivity contribution in [1.29, 1.82) is 0 Å². The average molecular weight is 261 g/mol. The monoisotopic (exact) mass is 261 g/mol. The molecule has 0 saturated carbocycles. The molecule has 0 unspecified atom stereocenters. The van der Waals surface area contributed by atoms with Crippen molar-refractivity contribution in [3.63, 3.8) is 0 Å². The summed E-state index contributed by atoms with van der Waals surface area (Å²) < 4.78 is 26.6. The number of rotatable bonds is 1. The molecular weight excluding hydrogens is 252 g/mol. The summed E-state index contributed by atoms with van der Waals surface area (Å²) in [6.45, 7) is 1.88. The second kappa shape index (κ2) is 4.01. The number of pyridine rings is 1. The van der Waals surface area contributed by atoms with Crippen LogP contribution in [0.5, 0.6) is 5.75 Å². The quantitative estimate of drug-likeness (QED) is 0.708. The Balaban J connectivity index is 2.19. The molecule has 0 amide bonds. The number of aryl methyl sites for hydroxylation is 1. The van der Waals surface area contributed by atoms with Crippen LogP contribution in [0.4, 0.5) is 8.78 Å². The molecule has 0 radical (unpaired) electrons. The minimum Gasteiger partial charge on any atom is -0.503 e. The van der Waals surface area contributed by atoms with Crippen molar-refractivity contribution in [3.8, 4) is 17.1 Å². The molecule has 19 heavy (non-hydrogen) atoms. The summed E-state index contributed by atoms with van der Waals surface area (Å²) >= 11 is 0. The van der Waals surface area contributed by atoms with E-state index in [0.29, 0.717) is 17.0 Å². The first-order valence-corrected chi connectivity index (χ1v) is 5.55. The number of phenols is 1. The lowest BCUT2D eigenvalue weighted by Crippen LogP contribution is -1.87. The Bertz CT molecular complexity index is 760. The number of phenolic OH excluding ortho intramolecular Hbond substituents is 1. The Morgan fingerprint density at radius 3 is 2.53 bits per heavy atom. The molecule has 0 bridgehead atoms. The van der Waals surface area contributed by atoms with Crippen molar-refractivity contribution in [1.82, 2.24) is 15.0 Å². The first-order valence-electron chi connectivity index (χ1n) is 5.55. The number of hydrogen-bond donors (Lipinski definition) is 2. The van der Waals surface area contributed by atoms with E-state index in [0.717, 1.165) is 17.7 Å². The lowest BCUT2D eigenvalue weighted by Gasteiger charge is -2.00. The third-order valence-corrected chi connectivity index (χ3v) is 2.76.